The Labute approximate surface area is 427 Å². The van der Waals surface area contributed by atoms with Crippen molar-refractivity contribution < 1.29 is 28.7 Å². The first kappa shape index (κ1) is 66.0. The Bertz CT molecular complexity index is 1310. The Morgan fingerprint density at radius 1 is 0.507 bits per heavy atom. The molecular formula is C51H102N10O6S2. The Morgan fingerprint density at radius 3 is 1.32 bits per heavy atom. The fourth-order valence-corrected chi connectivity index (χ4v) is 9.67. The number of nitrogens with two attached hydrogens (primary N) is 5. The number of hydrogen-bond donors (Lipinski definition) is 7. The molecule has 18 heteroatoms. The first-order valence-corrected chi connectivity index (χ1v) is 29.7. The van der Waals surface area contributed by atoms with Crippen molar-refractivity contribution in [2.75, 3.05) is 64.0 Å². The van der Waals surface area contributed by atoms with Crippen LogP contribution in [0.4, 0.5) is 0 Å². The number of nitrogens with zero attached hydrogens (tertiary/aromatic N) is 3. The van der Waals surface area contributed by atoms with Crippen LogP contribution in [0.15, 0.2) is 9.98 Å². The van der Waals surface area contributed by atoms with Gasteiger partial charge in [0.1, 0.15) is 6.04 Å². The molecule has 0 fully saturated rings. The third-order valence-electron chi connectivity index (χ3n) is 12.0. The summed E-state index contributed by atoms with van der Waals surface area (Å²) in [5, 5.41) is 5.70. The number of carbonyl (C=O) groups is 4. The molecule has 2 atom stereocenters. The van der Waals surface area contributed by atoms with Gasteiger partial charge in [0.25, 0.3) is 0 Å². The fourth-order valence-electron chi connectivity index (χ4n) is 7.74. The van der Waals surface area contributed by atoms with Gasteiger partial charge in [-0.3, -0.25) is 29.2 Å². The van der Waals surface area contributed by atoms with Crippen LogP contribution in [0, 0.1) is 0 Å². The number of rotatable bonds is 51. The minimum absolute atomic E-state index is 0.0258. The van der Waals surface area contributed by atoms with E-state index in [1.807, 2.05) is 0 Å². The first-order valence-electron chi connectivity index (χ1n) is 27.2. The van der Waals surface area contributed by atoms with E-state index in [1.165, 1.54) is 135 Å². The first-order chi connectivity index (χ1) is 33.5. The highest BCUT2D eigenvalue weighted by atomic mass is 33.1. The van der Waals surface area contributed by atoms with Crippen LogP contribution in [0.3, 0.4) is 0 Å². The molecule has 0 heterocycles. The van der Waals surface area contributed by atoms with Crippen molar-refractivity contribution in [3.63, 3.8) is 0 Å². The summed E-state index contributed by atoms with van der Waals surface area (Å²) in [5.41, 5.74) is 27.7. The van der Waals surface area contributed by atoms with Crippen LogP contribution < -0.4 is 39.3 Å². The van der Waals surface area contributed by atoms with Gasteiger partial charge in [-0.15, -0.1) is 0 Å². The molecule has 69 heavy (non-hydrogen) atoms. The van der Waals surface area contributed by atoms with Crippen LogP contribution in [0.2, 0.25) is 0 Å². The molecule has 0 aromatic rings. The number of ether oxygens (including phenoxy) is 2. The van der Waals surface area contributed by atoms with Crippen LogP contribution in [-0.2, 0) is 28.7 Å². The Balaban J connectivity index is 4.80. The summed E-state index contributed by atoms with van der Waals surface area (Å²) >= 11 is 0. The van der Waals surface area contributed by atoms with E-state index in [1.54, 1.807) is 21.6 Å². The molecule has 2 amide bonds. The quantitative estimate of drug-likeness (QED) is 0.00992. The molecule has 0 rings (SSSR count). The van der Waals surface area contributed by atoms with Crippen LogP contribution in [0.25, 0.3) is 0 Å². The predicted molar refractivity (Wildman–Crippen MR) is 292 cm³/mol. The standard InChI is InChI=1S/C51H102N10O6S2/c1-3-5-7-9-11-13-15-17-19-21-23-25-27-41-67-47(63)33-38-61(37-32-46(62)66-40-26-24-22-20-18-16-14-12-10-8-6-4-2)39-43-69-68-42-36-57-49(65)45(31-29-35-59-51(55)56)60-48(64)44(52)30-28-34-58-50(53)54/h44-45H,3-43,52H2,1-2H3,(H,57,65)(H,60,64)(H4,53,54,58)(H4,55,56,59). The zero-order valence-electron chi connectivity index (χ0n) is 43.6. The van der Waals surface area contributed by atoms with E-state index in [9.17, 15) is 19.2 Å². The molecular weight excluding hydrogens is 913 g/mol. The van der Waals surface area contributed by atoms with Gasteiger partial charge in [0.2, 0.25) is 11.8 Å². The summed E-state index contributed by atoms with van der Waals surface area (Å²) in [7, 11) is 3.28. The number of carbonyl (C=O) groups excluding carboxylic acids is 4. The number of guanidine groups is 2. The molecule has 0 aliphatic rings. The van der Waals surface area contributed by atoms with Crippen molar-refractivity contribution in [3.8, 4) is 0 Å². The van der Waals surface area contributed by atoms with Gasteiger partial charge in [-0.2, -0.15) is 0 Å². The fraction of sp³-hybridized carbons (Fsp3) is 0.882. The topological polar surface area (TPSA) is 269 Å². The Hall–Kier alpha value is -2.96. The smallest absolute Gasteiger partial charge is 0.307 e. The van der Waals surface area contributed by atoms with Gasteiger partial charge in [-0.05, 0) is 38.5 Å². The summed E-state index contributed by atoms with van der Waals surface area (Å²) in [6.45, 7) is 8.15. The predicted octanol–water partition coefficient (Wildman–Crippen LogP) is 8.36. The van der Waals surface area contributed by atoms with Gasteiger partial charge in [-0.25, -0.2) is 0 Å². The van der Waals surface area contributed by atoms with Gasteiger partial charge < -0.3 is 53.7 Å². The van der Waals surface area contributed by atoms with Crippen LogP contribution in [0.1, 0.15) is 213 Å². The van der Waals surface area contributed by atoms with Gasteiger partial charge in [0.15, 0.2) is 11.9 Å². The van der Waals surface area contributed by atoms with Gasteiger partial charge in [-0.1, -0.05) is 183 Å². The summed E-state index contributed by atoms with van der Waals surface area (Å²) in [4.78, 5) is 61.5. The van der Waals surface area contributed by atoms with Crippen LogP contribution in [0.5, 0.6) is 0 Å². The zero-order chi connectivity index (χ0) is 50.8. The number of aliphatic imine (C=N–C) groups is 2. The molecule has 0 bridgehead atoms. The van der Waals surface area contributed by atoms with Crippen molar-refractivity contribution in [2.24, 2.45) is 38.7 Å². The van der Waals surface area contributed by atoms with Gasteiger partial charge >= 0.3 is 11.9 Å². The zero-order valence-corrected chi connectivity index (χ0v) is 45.3. The molecule has 2 unspecified atom stereocenters. The maximum atomic E-state index is 13.2. The lowest BCUT2D eigenvalue weighted by Gasteiger charge is -2.21. The lowest BCUT2D eigenvalue weighted by Crippen LogP contribution is -2.52. The van der Waals surface area contributed by atoms with Crippen molar-refractivity contribution >= 4 is 57.3 Å². The molecule has 0 saturated carbocycles. The highest BCUT2D eigenvalue weighted by Crippen LogP contribution is 2.21. The molecule has 404 valence electrons. The number of esters is 2. The van der Waals surface area contributed by atoms with Crippen LogP contribution >= 0.6 is 21.6 Å². The van der Waals surface area contributed by atoms with Crippen molar-refractivity contribution in [1.29, 1.82) is 0 Å². The normalized spacial score (nSPS) is 12.1. The molecule has 0 aliphatic carbocycles. The second-order valence-corrected chi connectivity index (χ2v) is 21.1. The summed E-state index contributed by atoms with van der Waals surface area (Å²) < 4.78 is 11.2. The summed E-state index contributed by atoms with van der Waals surface area (Å²) in [5.74, 6) is 0.153. The lowest BCUT2D eigenvalue weighted by atomic mass is 10.0. The van der Waals surface area contributed by atoms with Gasteiger partial charge in [0, 0.05) is 50.8 Å². The van der Waals surface area contributed by atoms with Crippen LogP contribution in [-0.4, -0.2) is 117 Å². The van der Waals surface area contributed by atoms with Crippen molar-refractivity contribution in [2.45, 2.75) is 225 Å². The molecule has 16 nitrogen and oxygen atoms in total. The molecule has 0 aromatic heterocycles. The largest absolute Gasteiger partial charge is 0.466 e. The highest BCUT2D eigenvalue weighted by molar-refractivity contribution is 8.76. The molecule has 0 aliphatic heterocycles. The van der Waals surface area contributed by atoms with E-state index in [0.717, 1.165) is 31.4 Å². The second kappa shape index (κ2) is 50.0. The Kier molecular flexibility index (Phi) is 47.9. The number of nitrogens with one attached hydrogen (secondary N) is 2. The van der Waals surface area contributed by atoms with E-state index in [4.69, 9.17) is 38.1 Å². The Morgan fingerprint density at radius 2 is 0.899 bits per heavy atom. The molecule has 0 spiro atoms. The van der Waals surface area contributed by atoms with Crippen molar-refractivity contribution in [3.05, 3.63) is 0 Å². The van der Waals surface area contributed by atoms with E-state index in [2.05, 4.69) is 39.4 Å². The minimum atomic E-state index is -0.826. The number of hydrogen-bond acceptors (Lipinski definition) is 12. The third-order valence-corrected chi connectivity index (χ3v) is 14.4. The minimum Gasteiger partial charge on any atom is -0.466 e. The molecule has 0 aromatic carbocycles. The molecule has 0 radical (unpaired) electrons. The monoisotopic (exact) mass is 1010 g/mol. The van der Waals surface area contributed by atoms with E-state index < -0.39 is 18.0 Å². The molecule has 0 saturated heterocycles. The van der Waals surface area contributed by atoms with E-state index in [-0.39, 0.29) is 42.6 Å². The van der Waals surface area contributed by atoms with Crippen molar-refractivity contribution in [1.82, 2.24) is 15.5 Å². The van der Waals surface area contributed by atoms with E-state index >= 15 is 0 Å². The second-order valence-electron chi connectivity index (χ2n) is 18.4. The SMILES string of the molecule is CCCCCCCCCCCCCCCOC(=O)CCN(CCSSCCNC(=O)C(CCCN=C(N)N)NC(=O)C(N)CCCN=C(N)N)CCC(=O)OCCCCCCCCCCCCCC. The highest BCUT2D eigenvalue weighted by Gasteiger charge is 2.23. The number of unbranched alkanes of at least 4 members (excludes halogenated alkanes) is 23. The van der Waals surface area contributed by atoms with E-state index in [0.29, 0.717) is 83.9 Å². The summed E-state index contributed by atoms with van der Waals surface area (Å²) in [6, 6.07) is -1.63. The lowest BCUT2D eigenvalue weighted by molar-refractivity contribution is -0.144. The number of amides is 2. The maximum Gasteiger partial charge on any atom is 0.307 e. The maximum absolute atomic E-state index is 13.2. The van der Waals surface area contributed by atoms with Gasteiger partial charge in [0.05, 0.1) is 32.1 Å². The average molecular weight is 1020 g/mol. The molecule has 12 N–H and O–H groups in total. The average Bonchev–Trinajstić information content (AvgIpc) is 3.32. The summed E-state index contributed by atoms with van der Waals surface area (Å²) in [6.07, 6.45) is 33.8. The third kappa shape index (κ3) is 47.1.